The van der Waals surface area contributed by atoms with Crippen molar-refractivity contribution in [2.24, 2.45) is 0 Å². The van der Waals surface area contributed by atoms with Crippen LogP contribution < -0.4 is 0 Å². The molecule has 11 rings (SSSR count). The molecule has 5 heteroatoms. The molecule has 4 heterocycles. The molecule has 49 heavy (non-hydrogen) atoms. The van der Waals surface area contributed by atoms with Gasteiger partial charge in [-0.3, -0.25) is 4.57 Å². The summed E-state index contributed by atoms with van der Waals surface area (Å²) < 4.78 is 7.52. The molecule has 0 radical (unpaired) electrons. The summed E-state index contributed by atoms with van der Waals surface area (Å²) >= 11 is 3.77. The summed E-state index contributed by atoms with van der Waals surface area (Å²) in [7, 11) is 0. The third-order valence-corrected chi connectivity index (χ3v) is 12.2. The number of thiophene rings is 2. The lowest BCUT2D eigenvalue weighted by Crippen LogP contribution is -2.03. The third kappa shape index (κ3) is 3.94. The van der Waals surface area contributed by atoms with E-state index in [1.165, 1.54) is 62.2 Å². The molecule has 3 nitrogen and oxygen atoms in total. The van der Waals surface area contributed by atoms with E-state index in [4.69, 9.17) is 9.97 Å². The van der Waals surface area contributed by atoms with E-state index in [1.54, 1.807) is 0 Å². The van der Waals surface area contributed by atoms with Gasteiger partial charge in [0.25, 0.3) is 0 Å². The quantitative estimate of drug-likeness (QED) is 0.189. The maximum atomic E-state index is 5.45. The lowest BCUT2D eigenvalue weighted by molar-refractivity contribution is 1.01. The van der Waals surface area contributed by atoms with E-state index in [1.807, 2.05) is 22.7 Å². The molecule has 0 spiro atoms. The Morgan fingerprint density at radius 3 is 1.63 bits per heavy atom. The fourth-order valence-electron chi connectivity index (χ4n) is 7.62. The van der Waals surface area contributed by atoms with Gasteiger partial charge in [-0.25, -0.2) is 9.97 Å². The van der Waals surface area contributed by atoms with Crippen LogP contribution in [0.1, 0.15) is 0 Å². The molecule has 0 N–H and O–H groups in total. The number of aromatic nitrogens is 3. The molecule has 0 saturated heterocycles. The molecule has 0 saturated carbocycles. The van der Waals surface area contributed by atoms with E-state index in [2.05, 4.69) is 156 Å². The van der Waals surface area contributed by atoms with Crippen molar-refractivity contribution in [1.82, 2.24) is 14.5 Å². The summed E-state index contributed by atoms with van der Waals surface area (Å²) in [6, 6.07) is 54.3. The van der Waals surface area contributed by atoms with Crippen LogP contribution in [0.15, 0.2) is 152 Å². The standard InChI is InChI=1S/C44H25N3S2/c1-2-11-26(12-3-1)27-13-10-14-28(25-27)41-33-17-4-7-18-34(33)45-44(46-41)47-35-23-21-31-29-15-5-8-19-37(29)48-42(31)39(35)40-36(47)24-22-32-30-16-6-9-20-38(30)49-43(32)40/h1-25H. The van der Waals surface area contributed by atoms with Crippen LogP contribution in [0.4, 0.5) is 0 Å². The zero-order valence-electron chi connectivity index (χ0n) is 26.1. The zero-order chi connectivity index (χ0) is 32.1. The highest BCUT2D eigenvalue weighted by Crippen LogP contribution is 2.48. The normalized spacial score (nSPS) is 12.1. The van der Waals surface area contributed by atoms with Crippen LogP contribution in [0.25, 0.3) is 101 Å². The molecule has 0 bridgehead atoms. The number of para-hydroxylation sites is 1. The van der Waals surface area contributed by atoms with Crippen LogP contribution in [0.2, 0.25) is 0 Å². The van der Waals surface area contributed by atoms with Crippen LogP contribution in [-0.2, 0) is 0 Å². The minimum atomic E-state index is 0.680. The van der Waals surface area contributed by atoms with Crippen molar-refractivity contribution in [3.05, 3.63) is 152 Å². The van der Waals surface area contributed by atoms with Gasteiger partial charge in [-0.2, -0.15) is 0 Å². The van der Waals surface area contributed by atoms with E-state index in [0.717, 1.165) is 33.2 Å². The monoisotopic (exact) mass is 659 g/mol. The molecule has 11 aromatic rings. The second-order valence-electron chi connectivity index (χ2n) is 12.5. The van der Waals surface area contributed by atoms with Crippen LogP contribution >= 0.6 is 22.7 Å². The van der Waals surface area contributed by atoms with Crippen molar-refractivity contribution in [1.29, 1.82) is 0 Å². The van der Waals surface area contributed by atoms with Crippen molar-refractivity contribution in [3.63, 3.8) is 0 Å². The summed E-state index contributed by atoms with van der Waals surface area (Å²) in [6.45, 7) is 0. The van der Waals surface area contributed by atoms with Gasteiger partial charge < -0.3 is 0 Å². The SMILES string of the molecule is c1ccc(-c2cccc(-c3nc(-n4c5ccc6c7ccccc7sc6c5c5c6sc7ccccc7c6ccc54)nc4ccccc34)c2)cc1. The number of benzene rings is 7. The predicted octanol–water partition coefficient (Wildman–Crippen LogP) is 12.8. The zero-order valence-corrected chi connectivity index (χ0v) is 27.7. The lowest BCUT2D eigenvalue weighted by Gasteiger charge is -2.12. The number of fused-ring (bicyclic) bond motifs is 12. The van der Waals surface area contributed by atoms with Crippen LogP contribution in [0.3, 0.4) is 0 Å². The van der Waals surface area contributed by atoms with Crippen molar-refractivity contribution in [3.8, 4) is 28.3 Å². The van der Waals surface area contributed by atoms with Crippen molar-refractivity contribution in [2.75, 3.05) is 0 Å². The molecule has 7 aromatic carbocycles. The molecule has 0 aliphatic carbocycles. The van der Waals surface area contributed by atoms with Crippen LogP contribution in [0, 0.1) is 0 Å². The average Bonchev–Trinajstić information content (AvgIpc) is 3.84. The van der Waals surface area contributed by atoms with E-state index in [-0.39, 0.29) is 0 Å². The minimum absolute atomic E-state index is 0.680. The van der Waals surface area contributed by atoms with Gasteiger partial charge >= 0.3 is 0 Å². The van der Waals surface area contributed by atoms with Gasteiger partial charge in [-0.1, -0.05) is 115 Å². The average molecular weight is 660 g/mol. The summed E-state index contributed by atoms with van der Waals surface area (Å²) in [4.78, 5) is 10.7. The molecule has 0 aliphatic rings. The summed E-state index contributed by atoms with van der Waals surface area (Å²) in [5.74, 6) is 0.680. The Balaban J connectivity index is 1.27. The van der Waals surface area contributed by atoms with Gasteiger partial charge in [0.1, 0.15) is 0 Å². The number of rotatable bonds is 3. The molecule has 228 valence electrons. The third-order valence-electron chi connectivity index (χ3n) is 9.82. The fourth-order valence-corrected chi connectivity index (χ4v) is 10.1. The van der Waals surface area contributed by atoms with Gasteiger partial charge in [-0.05, 0) is 47.5 Å². The summed E-state index contributed by atoms with van der Waals surface area (Å²) in [5, 5.41) is 8.78. The molecule has 0 atom stereocenters. The first-order valence-corrected chi connectivity index (χ1v) is 18.1. The largest absolute Gasteiger partial charge is 0.278 e. The topological polar surface area (TPSA) is 30.7 Å². The number of nitrogens with zero attached hydrogens (tertiary/aromatic N) is 3. The molecular formula is C44H25N3S2. The van der Waals surface area contributed by atoms with Crippen molar-refractivity contribution < 1.29 is 0 Å². The first-order chi connectivity index (χ1) is 24.3. The van der Waals surface area contributed by atoms with Crippen LogP contribution in [0.5, 0.6) is 0 Å². The minimum Gasteiger partial charge on any atom is -0.278 e. The maximum absolute atomic E-state index is 5.45. The summed E-state index contributed by atoms with van der Waals surface area (Å²) in [5.41, 5.74) is 7.52. The molecule has 0 fully saturated rings. The predicted molar refractivity (Wildman–Crippen MR) is 211 cm³/mol. The van der Waals surface area contributed by atoms with Gasteiger partial charge in [0, 0.05) is 62.1 Å². The first kappa shape index (κ1) is 27.1. The van der Waals surface area contributed by atoms with E-state index < -0.39 is 0 Å². The maximum Gasteiger partial charge on any atom is 0.235 e. The smallest absolute Gasteiger partial charge is 0.235 e. The molecule has 0 amide bonds. The second-order valence-corrected chi connectivity index (χ2v) is 14.6. The number of hydrogen-bond acceptors (Lipinski definition) is 4. The summed E-state index contributed by atoms with van der Waals surface area (Å²) in [6.07, 6.45) is 0. The van der Waals surface area contributed by atoms with E-state index in [9.17, 15) is 0 Å². The van der Waals surface area contributed by atoms with E-state index >= 15 is 0 Å². The number of hydrogen-bond donors (Lipinski definition) is 0. The van der Waals surface area contributed by atoms with Gasteiger partial charge in [0.2, 0.25) is 5.95 Å². The van der Waals surface area contributed by atoms with Gasteiger partial charge in [0.15, 0.2) is 0 Å². The highest BCUT2D eigenvalue weighted by atomic mass is 32.1. The van der Waals surface area contributed by atoms with Crippen LogP contribution in [-0.4, -0.2) is 14.5 Å². The lowest BCUT2D eigenvalue weighted by atomic mass is 10.00. The first-order valence-electron chi connectivity index (χ1n) is 16.4. The molecule has 0 aliphatic heterocycles. The Morgan fingerprint density at radius 1 is 0.408 bits per heavy atom. The Kier molecular flexibility index (Phi) is 5.70. The Bertz CT molecular complexity index is 2980. The molecule has 0 unspecified atom stereocenters. The van der Waals surface area contributed by atoms with Crippen molar-refractivity contribution in [2.45, 2.75) is 0 Å². The highest BCUT2D eigenvalue weighted by Gasteiger charge is 2.23. The second kappa shape index (κ2) is 10.3. The Hall–Kier alpha value is -5.88. The fraction of sp³-hybridized carbons (Fsp3) is 0. The van der Waals surface area contributed by atoms with E-state index in [0.29, 0.717) is 5.95 Å². The highest BCUT2D eigenvalue weighted by molar-refractivity contribution is 7.28. The molecule has 4 aromatic heterocycles. The Morgan fingerprint density at radius 2 is 0.959 bits per heavy atom. The van der Waals surface area contributed by atoms with Gasteiger partial charge in [-0.15, -0.1) is 22.7 Å². The van der Waals surface area contributed by atoms with Gasteiger partial charge in [0.05, 0.1) is 22.2 Å². The van der Waals surface area contributed by atoms with Crippen molar-refractivity contribution >= 4 is 95.7 Å². The Labute approximate surface area is 289 Å². The molecular weight excluding hydrogens is 635 g/mol.